The highest BCUT2D eigenvalue weighted by molar-refractivity contribution is 6.04. The Morgan fingerprint density at radius 2 is 1.94 bits per heavy atom. The lowest BCUT2D eigenvalue weighted by atomic mass is 10.1. The van der Waals surface area contributed by atoms with Gasteiger partial charge >= 0.3 is 0 Å². The molecule has 0 spiro atoms. The predicted molar refractivity (Wildman–Crippen MR) is 112 cm³/mol. The molecule has 31 heavy (non-hydrogen) atoms. The number of aromatic hydroxyl groups is 1. The van der Waals surface area contributed by atoms with Crippen molar-refractivity contribution >= 4 is 23.0 Å². The molecule has 0 saturated heterocycles. The minimum atomic E-state index is -0.763. The van der Waals surface area contributed by atoms with Crippen LogP contribution in [0.4, 0.5) is 17.1 Å². The van der Waals surface area contributed by atoms with E-state index in [2.05, 4.69) is 30.4 Å². The van der Waals surface area contributed by atoms with E-state index in [4.69, 9.17) is 0 Å². The molecule has 3 heterocycles. The summed E-state index contributed by atoms with van der Waals surface area (Å²) in [6, 6.07) is 5.55. The second-order valence-corrected chi connectivity index (χ2v) is 6.98. The van der Waals surface area contributed by atoms with Gasteiger partial charge in [-0.3, -0.25) is 18.8 Å². The van der Waals surface area contributed by atoms with Crippen molar-refractivity contribution in [3.05, 3.63) is 64.7 Å². The molecule has 0 unspecified atom stereocenters. The SMILES string of the molecule is Cc1cc(Nc2cnn(C)c2)cc(-c2nc(C(=O)Nc3cnoc3)c(O)c(=O)n2C)c1. The Morgan fingerprint density at radius 3 is 2.61 bits per heavy atom. The van der Waals surface area contributed by atoms with Crippen LogP contribution >= 0.6 is 0 Å². The number of hydrogen-bond acceptors (Lipinski definition) is 8. The number of amides is 1. The molecule has 0 saturated carbocycles. The zero-order valence-corrected chi connectivity index (χ0v) is 16.9. The molecule has 1 amide bonds. The maximum Gasteiger partial charge on any atom is 0.296 e. The third kappa shape index (κ3) is 4.01. The minimum Gasteiger partial charge on any atom is -0.501 e. The van der Waals surface area contributed by atoms with Crippen LogP contribution in [0, 0.1) is 6.92 Å². The Balaban J connectivity index is 1.76. The third-order valence-corrected chi connectivity index (χ3v) is 4.50. The number of hydrogen-bond donors (Lipinski definition) is 3. The number of nitrogens with one attached hydrogen (secondary N) is 2. The van der Waals surface area contributed by atoms with Gasteiger partial charge < -0.3 is 20.3 Å². The standard InChI is InChI=1S/C20H19N7O4/c1-11-4-12(6-13(5-11)23-14-7-21-26(2)9-14)18-25-16(17(28)20(30)27(18)3)19(29)24-15-8-22-31-10-15/h4-10,23,28H,1-3H3,(H,24,29). The lowest BCUT2D eigenvalue weighted by molar-refractivity contribution is 0.101. The molecule has 3 aromatic heterocycles. The highest BCUT2D eigenvalue weighted by Crippen LogP contribution is 2.26. The fourth-order valence-electron chi connectivity index (χ4n) is 3.10. The highest BCUT2D eigenvalue weighted by atomic mass is 16.5. The van der Waals surface area contributed by atoms with E-state index in [9.17, 15) is 14.7 Å². The number of aromatic nitrogens is 5. The van der Waals surface area contributed by atoms with Gasteiger partial charge in [-0.25, -0.2) is 4.98 Å². The van der Waals surface area contributed by atoms with Gasteiger partial charge in [-0.05, 0) is 30.7 Å². The molecule has 0 atom stereocenters. The Kier molecular flexibility index (Phi) is 4.99. The van der Waals surface area contributed by atoms with E-state index in [1.807, 2.05) is 32.3 Å². The lowest BCUT2D eigenvalue weighted by Crippen LogP contribution is -2.25. The molecule has 0 fully saturated rings. The molecule has 0 aliphatic carbocycles. The third-order valence-electron chi connectivity index (χ3n) is 4.50. The fourth-order valence-corrected chi connectivity index (χ4v) is 3.10. The van der Waals surface area contributed by atoms with Gasteiger partial charge in [-0.2, -0.15) is 5.10 Å². The average molecular weight is 421 g/mol. The summed E-state index contributed by atoms with van der Waals surface area (Å²) in [7, 11) is 3.29. The quantitative estimate of drug-likeness (QED) is 0.445. The number of anilines is 3. The first-order chi connectivity index (χ1) is 14.8. The molecule has 1 aromatic carbocycles. The second kappa shape index (κ2) is 7.78. The first-order valence-corrected chi connectivity index (χ1v) is 9.20. The highest BCUT2D eigenvalue weighted by Gasteiger charge is 2.21. The lowest BCUT2D eigenvalue weighted by Gasteiger charge is -2.13. The van der Waals surface area contributed by atoms with Crippen molar-refractivity contribution in [1.29, 1.82) is 0 Å². The first-order valence-electron chi connectivity index (χ1n) is 9.20. The molecule has 3 N–H and O–H groups in total. The van der Waals surface area contributed by atoms with Crippen LogP contribution in [0.3, 0.4) is 0 Å². The van der Waals surface area contributed by atoms with E-state index in [1.165, 1.54) is 24.1 Å². The van der Waals surface area contributed by atoms with Crippen molar-refractivity contribution in [2.24, 2.45) is 14.1 Å². The van der Waals surface area contributed by atoms with Crippen LogP contribution in [0.25, 0.3) is 11.4 Å². The maximum absolute atomic E-state index is 12.6. The number of benzene rings is 1. The van der Waals surface area contributed by atoms with E-state index < -0.39 is 22.9 Å². The molecule has 4 aromatic rings. The molecule has 11 heteroatoms. The maximum atomic E-state index is 12.6. The summed E-state index contributed by atoms with van der Waals surface area (Å²) in [6.45, 7) is 1.90. The summed E-state index contributed by atoms with van der Waals surface area (Å²) in [6.07, 6.45) is 6.01. The fraction of sp³-hybridized carbons (Fsp3) is 0.150. The summed E-state index contributed by atoms with van der Waals surface area (Å²) in [5, 5.41) is 23.6. The van der Waals surface area contributed by atoms with E-state index >= 15 is 0 Å². The number of nitrogens with zero attached hydrogens (tertiary/aromatic N) is 5. The van der Waals surface area contributed by atoms with E-state index in [1.54, 1.807) is 16.9 Å². The summed E-state index contributed by atoms with van der Waals surface area (Å²) >= 11 is 0. The Morgan fingerprint density at radius 1 is 1.13 bits per heavy atom. The van der Waals surface area contributed by atoms with Crippen molar-refractivity contribution < 1.29 is 14.4 Å². The van der Waals surface area contributed by atoms with Crippen molar-refractivity contribution in [3.63, 3.8) is 0 Å². The van der Waals surface area contributed by atoms with Crippen LogP contribution in [0.15, 0.2) is 52.4 Å². The zero-order chi connectivity index (χ0) is 22.1. The van der Waals surface area contributed by atoms with Gasteiger partial charge in [0.05, 0.1) is 18.1 Å². The predicted octanol–water partition coefficient (Wildman–Crippen LogP) is 2.18. The molecular weight excluding hydrogens is 402 g/mol. The van der Waals surface area contributed by atoms with Crippen molar-refractivity contribution in [3.8, 4) is 17.1 Å². The smallest absolute Gasteiger partial charge is 0.296 e. The van der Waals surface area contributed by atoms with Crippen LogP contribution in [-0.2, 0) is 14.1 Å². The van der Waals surface area contributed by atoms with Gasteiger partial charge in [-0.15, -0.1) is 0 Å². The van der Waals surface area contributed by atoms with E-state index in [-0.39, 0.29) is 11.5 Å². The minimum absolute atomic E-state index is 0.219. The summed E-state index contributed by atoms with van der Waals surface area (Å²) in [5.41, 5.74) is 2.16. The van der Waals surface area contributed by atoms with E-state index in [0.29, 0.717) is 5.56 Å². The molecule has 4 rings (SSSR count). The van der Waals surface area contributed by atoms with Gasteiger partial charge in [0.15, 0.2) is 5.69 Å². The normalized spacial score (nSPS) is 10.8. The molecule has 0 aliphatic heterocycles. The number of carbonyl (C=O) groups is 1. The number of aryl methyl sites for hydroxylation is 2. The van der Waals surface area contributed by atoms with Gasteiger partial charge in [0, 0.05) is 31.5 Å². The molecular formula is C20H19N7O4. The molecule has 0 bridgehead atoms. The Hall–Kier alpha value is -4.41. The zero-order valence-electron chi connectivity index (χ0n) is 16.9. The Labute approximate surface area is 176 Å². The number of rotatable bonds is 5. The van der Waals surface area contributed by atoms with Crippen molar-refractivity contribution in [1.82, 2.24) is 24.5 Å². The van der Waals surface area contributed by atoms with Gasteiger partial charge in [-0.1, -0.05) is 5.16 Å². The monoisotopic (exact) mass is 421 g/mol. The van der Waals surface area contributed by atoms with Gasteiger partial charge in [0.25, 0.3) is 11.5 Å². The molecule has 11 nitrogen and oxygen atoms in total. The summed E-state index contributed by atoms with van der Waals surface area (Å²) < 4.78 is 7.53. The topological polar surface area (TPSA) is 140 Å². The summed E-state index contributed by atoms with van der Waals surface area (Å²) in [5.74, 6) is -1.29. The Bertz CT molecular complexity index is 1320. The van der Waals surface area contributed by atoms with Crippen LogP contribution in [0.1, 0.15) is 16.1 Å². The average Bonchev–Trinajstić information content (AvgIpc) is 3.37. The summed E-state index contributed by atoms with van der Waals surface area (Å²) in [4.78, 5) is 29.5. The van der Waals surface area contributed by atoms with Crippen LogP contribution < -0.4 is 16.2 Å². The van der Waals surface area contributed by atoms with Crippen LogP contribution in [0.5, 0.6) is 5.75 Å². The second-order valence-electron chi connectivity index (χ2n) is 6.98. The van der Waals surface area contributed by atoms with Crippen molar-refractivity contribution in [2.45, 2.75) is 6.92 Å². The van der Waals surface area contributed by atoms with Gasteiger partial charge in [0.1, 0.15) is 17.8 Å². The molecule has 0 radical (unpaired) electrons. The van der Waals surface area contributed by atoms with Gasteiger partial charge in [0.2, 0.25) is 5.75 Å². The van der Waals surface area contributed by atoms with Crippen LogP contribution in [0.2, 0.25) is 0 Å². The number of carbonyl (C=O) groups excluding carboxylic acids is 1. The molecule has 158 valence electrons. The first kappa shape index (κ1) is 19.9. The van der Waals surface area contributed by atoms with Crippen molar-refractivity contribution in [2.75, 3.05) is 10.6 Å². The molecule has 0 aliphatic rings. The largest absolute Gasteiger partial charge is 0.501 e. The van der Waals surface area contributed by atoms with E-state index in [0.717, 1.165) is 16.9 Å². The van der Waals surface area contributed by atoms with Crippen LogP contribution in [-0.4, -0.2) is 35.5 Å².